The van der Waals surface area contributed by atoms with E-state index in [4.69, 9.17) is 0 Å². The maximum atomic E-state index is 11.6. The summed E-state index contributed by atoms with van der Waals surface area (Å²) in [5.41, 5.74) is -0.0331. The maximum Gasteiger partial charge on any atom is 0.127 e. The minimum absolute atomic E-state index is 0.0331. The molecule has 1 saturated carbocycles. The van der Waals surface area contributed by atoms with Crippen molar-refractivity contribution >= 4 is 18.0 Å². The Morgan fingerprint density at radius 2 is 1.83 bits per heavy atom. The van der Waals surface area contributed by atoms with Crippen molar-refractivity contribution in [2.75, 3.05) is 25.4 Å². The third kappa shape index (κ3) is 3.74. The largest absolute Gasteiger partial charge is 0.303 e. The standard InChI is InChI=1S/C15H27NOS/c1-14(2)11-16(9-10-18-14)12-15(13-17)7-5-3-4-6-8-15/h13H,3-12H2,1-2H3. The van der Waals surface area contributed by atoms with Gasteiger partial charge in [-0.15, -0.1) is 0 Å². The van der Waals surface area contributed by atoms with E-state index in [1.54, 1.807) is 0 Å². The van der Waals surface area contributed by atoms with Gasteiger partial charge in [0, 0.05) is 35.5 Å². The van der Waals surface area contributed by atoms with E-state index >= 15 is 0 Å². The fourth-order valence-electron chi connectivity index (χ4n) is 3.44. The summed E-state index contributed by atoms with van der Waals surface area (Å²) in [5.74, 6) is 1.21. The quantitative estimate of drug-likeness (QED) is 0.579. The third-order valence-electron chi connectivity index (χ3n) is 4.39. The van der Waals surface area contributed by atoms with Crippen LogP contribution in [0.3, 0.4) is 0 Å². The summed E-state index contributed by atoms with van der Waals surface area (Å²) >= 11 is 2.07. The van der Waals surface area contributed by atoms with Crippen molar-refractivity contribution < 1.29 is 4.79 Å². The first kappa shape index (κ1) is 14.4. The Balaban J connectivity index is 1.98. The Hall–Kier alpha value is -0.0200. The third-order valence-corrected chi connectivity index (χ3v) is 5.69. The molecule has 104 valence electrons. The van der Waals surface area contributed by atoms with Crippen LogP contribution in [0.5, 0.6) is 0 Å². The zero-order valence-electron chi connectivity index (χ0n) is 11.9. The topological polar surface area (TPSA) is 20.3 Å². The second kappa shape index (κ2) is 5.96. The SMILES string of the molecule is CC1(C)CN(CC2(C=O)CCCCCC2)CCS1. The van der Waals surface area contributed by atoms with Crippen molar-refractivity contribution in [3.05, 3.63) is 0 Å². The minimum atomic E-state index is -0.0331. The lowest BCUT2D eigenvalue weighted by atomic mass is 9.81. The molecule has 1 heterocycles. The van der Waals surface area contributed by atoms with Gasteiger partial charge < -0.3 is 9.69 Å². The Labute approximate surface area is 116 Å². The molecule has 0 unspecified atom stereocenters. The van der Waals surface area contributed by atoms with E-state index < -0.39 is 0 Å². The average molecular weight is 269 g/mol. The second-order valence-electron chi connectivity index (χ2n) is 6.71. The van der Waals surface area contributed by atoms with Crippen molar-refractivity contribution in [1.29, 1.82) is 0 Å². The van der Waals surface area contributed by atoms with Gasteiger partial charge in [0.1, 0.15) is 6.29 Å². The summed E-state index contributed by atoms with van der Waals surface area (Å²) in [6.07, 6.45) is 8.62. The Kier molecular flexibility index (Phi) is 4.76. The predicted octanol–water partition coefficient (Wildman–Crippen LogP) is 3.35. The van der Waals surface area contributed by atoms with Gasteiger partial charge in [0.2, 0.25) is 0 Å². The average Bonchev–Trinajstić information content (AvgIpc) is 2.54. The van der Waals surface area contributed by atoms with Crippen LogP contribution in [0.1, 0.15) is 52.4 Å². The van der Waals surface area contributed by atoms with Gasteiger partial charge in [0.25, 0.3) is 0 Å². The first-order chi connectivity index (χ1) is 8.55. The molecule has 0 aromatic heterocycles. The summed E-state index contributed by atoms with van der Waals surface area (Å²) in [5, 5.41) is 0. The highest BCUT2D eigenvalue weighted by Crippen LogP contribution is 2.36. The minimum Gasteiger partial charge on any atom is -0.303 e. The number of carbonyl (C=O) groups excluding carboxylic acids is 1. The van der Waals surface area contributed by atoms with Crippen LogP contribution in [0.25, 0.3) is 0 Å². The molecule has 0 amide bonds. The molecule has 0 bridgehead atoms. The molecule has 0 aromatic rings. The highest BCUT2D eigenvalue weighted by atomic mass is 32.2. The number of nitrogens with zero attached hydrogens (tertiary/aromatic N) is 1. The molecule has 2 nitrogen and oxygen atoms in total. The lowest BCUT2D eigenvalue weighted by Gasteiger charge is -2.41. The van der Waals surface area contributed by atoms with Crippen LogP contribution in [0.4, 0.5) is 0 Å². The first-order valence-corrected chi connectivity index (χ1v) is 8.37. The summed E-state index contributed by atoms with van der Waals surface area (Å²) in [7, 11) is 0. The molecule has 0 N–H and O–H groups in total. The van der Waals surface area contributed by atoms with Crippen LogP contribution in [0.2, 0.25) is 0 Å². The summed E-state index contributed by atoms with van der Waals surface area (Å²) in [4.78, 5) is 14.2. The zero-order chi connectivity index (χ0) is 13.1. The van der Waals surface area contributed by atoms with Gasteiger partial charge in [-0.05, 0) is 26.7 Å². The van der Waals surface area contributed by atoms with Gasteiger partial charge in [-0.25, -0.2) is 0 Å². The molecule has 18 heavy (non-hydrogen) atoms. The van der Waals surface area contributed by atoms with E-state index in [1.165, 1.54) is 37.7 Å². The van der Waals surface area contributed by atoms with Crippen LogP contribution >= 0.6 is 11.8 Å². The van der Waals surface area contributed by atoms with Crippen LogP contribution in [-0.4, -0.2) is 41.3 Å². The molecule has 2 fully saturated rings. The van der Waals surface area contributed by atoms with Gasteiger partial charge in [-0.3, -0.25) is 0 Å². The van der Waals surface area contributed by atoms with Crippen molar-refractivity contribution in [2.45, 2.75) is 57.1 Å². The molecular formula is C15H27NOS. The van der Waals surface area contributed by atoms with Gasteiger partial charge in [-0.2, -0.15) is 11.8 Å². The van der Waals surface area contributed by atoms with E-state index in [0.717, 1.165) is 32.5 Å². The molecule has 1 aliphatic carbocycles. The van der Waals surface area contributed by atoms with Crippen molar-refractivity contribution in [2.24, 2.45) is 5.41 Å². The van der Waals surface area contributed by atoms with Crippen LogP contribution in [-0.2, 0) is 4.79 Å². The Bertz CT molecular complexity index is 282. The van der Waals surface area contributed by atoms with Crippen molar-refractivity contribution in [3.8, 4) is 0 Å². The maximum absolute atomic E-state index is 11.6. The number of hydrogen-bond donors (Lipinski definition) is 0. The van der Waals surface area contributed by atoms with E-state index in [-0.39, 0.29) is 5.41 Å². The smallest absolute Gasteiger partial charge is 0.127 e. The molecule has 1 aliphatic heterocycles. The summed E-state index contributed by atoms with van der Waals surface area (Å²) in [6.45, 7) is 7.94. The molecule has 3 heteroatoms. The fraction of sp³-hybridized carbons (Fsp3) is 0.933. The summed E-state index contributed by atoms with van der Waals surface area (Å²) < 4.78 is 0.354. The van der Waals surface area contributed by atoms with Crippen molar-refractivity contribution in [3.63, 3.8) is 0 Å². The monoisotopic (exact) mass is 269 g/mol. The molecule has 0 radical (unpaired) electrons. The van der Waals surface area contributed by atoms with Crippen molar-refractivity contribution in [1.82, 2.24) is 4.90 Å². The number of carbonyl (C=O) groups is 1. The molecular weight excluding hydrogens is 242 g/mol. The van der Waals surface area contributed by atoms with Gasteiger partial charge in [0.15, 0.2) is 0 Å². The van der Waals surface area contributed by atoms with E-state index in [1.807, 2.05) is 0 Å². The molecule has 0 aromatic carbocycles. The molecule has 1 saturated heterocycles. The normalized spacial score (nSPS) is 28.6. The molecule has 0 atom stereocenters. The van der Waals surface area contributed by atoms with Gasteiger partial charge in [-0.1, -0.05) is 25.7 Å². The number of aldehydes is 1. The predicted molar refractivity (Wildman–Crippen MR) is 79.2 cm³/mol. The second-order valence-corrected chi connectivity index (χ2v) is 8.52. The highest BCUT2D eigenvalue weighted by Gasteiger charge is 2.35. The number of hydrogen-bond acceptors (Lipinski definition) is 3. The van der Waals surface area contributed by atoms with E-state index in [2.05, 4.69) is 30.5 Å². The van der Waals surface area contributed by atoms with Gasteiger partial charge in [0.05, 0.1) is 0 Å². The summed E-state index contributed by atoms with van der Waals surface area (Å²) in [6, 6.07) is 0. The molecule has 0 spiro atoms. The number of rotatable bonds is 3. The first-order valence-electron chi connectivity index (χ1n) is 7.38. The molecule has 2 rings (SSSR count). The Morgan fingerprint density at radius 3 is 2.39 bits per heavy atom. The van der Waals surface area contributed by atoms with Crippen LogP contribution in [0, 0.1) is 5.41 Å². The van der Waals surface area contributed by atoms with Gasteiger partial charge >= 0.3 is 0 Å². The van der Waals surface area contributed by atoms with Crippen LogP contribution in [0.15, 0.2) is 0 Å². The fourth-order valence-corrected chi connectivity index (χ4v) is 4.62. The highest BCUT2D eigenvalue weighted by molar-refractivity contribution is 8.00. The lowest BCUT2D eigenvalue weighted by Crippen LogP contribution is -2.48. The lowest BCUT2D eigenvalue weighted by molar-refractivity contribution is -0.118. The van der Waals surface area contributed by atoms with Crippen LogP contribution < -0.4 is 0 Å². The Morgan fingerprint density at radius 1 is 1.17 bits per heavy atom. The number of thioether (sulfide) groups is 1. The van der Waals surface area contributed by atoms with E-state index in [0.29, 0.717) is 4.75 Å². The zero-order valence-corrected chi connectivity index (χ0v) is 12.7. The molecule has 2 aliphatic rings. The van der Waals surface area contributed by atoms with E-state index in [9.17, 15) is 4.79 Å².